The van der Waals surface area contributed by atoms with E-state index in [1.54, 1.807) is 24.3 Å². The summed E-state index contributed by atoms with van der Waals surface area (Å²) in [7, 11) is 0. The second-order valence-electron chi connectivity index (χ2n) is 5.56. The third kappa shape index (κ3) is 6.27. The van der Waals surface area contributed by atoms with Gasteiger partial charge in [-0.2, -0.15) is 13.2 Å². The number of nitrogens with one attached hydrogen (secondary N) is 2. The maximum Gasteiger partial charge on any atom is 0.416 e. The second-order valence-corrected chi connectivity index (χ2v) is 5.56. The van der Waals surface area contributed by atoms with Crippen LogP contribution in [0.5, 0.6) is 0 Å². The van der Waals surface area contributed by atoms with Crippen molar-refractivity contribution in [2.45, 2.75) is 12.2 Å². The number of carbonyl (C=O) groups excluding carboxylic acids is 2. The molecule has 0 aliphatic heterocycles. The molecule has 0 saturated carbocycles. The Bertz CT molecular complexity index is 820. The molecule has 1 atom stereocenters. The number of halogens is 3. The normalized spacial score (nSPS) is 12.6. The summed E-state index contributed by atoms with van der Waals surface area (Å²) in [5.74, 6) is -1.46. The Labute approximate surface area is 153 Å². The van der Waals surface area contributed by atoms with Gasteiger partial charge in [0.1, 0.15) is 6.04 Å². The number of hydrogen-bond donors (Lipinski definition) is 3. The molecule has 0 aromatic heterocycles. The van der Waals surface area contributed by atoms with E-state index in [1.165, 1.54) is 18.2 Å². The largest absolute Gasteiger partial charge is 0.416 e. The highest BCUT2D eigenvalue weighted by molar-refractivity contribution is 6.00. The average Bonchev–Trinajstić information content (AvgIpc) is 2.64. The number of alkyl halides is 3. The second kappa shape index (κ2) is 9.00. The van der Waals surface area contributed by atoms with Crippen LogP contribution in [0, 0.1) is 0 Å². The molecule has 0 heterocycles. The quantitative estimate of drug-likeness (QED) is 0.677. The van der Waals surface area contributed by atoms with Crippen LogP contribution in [-0.2, 0) is 15.8 Å². The molecule has 2 aromatic rings. The lowest BCUT2D eigenvalue weighted by molar-refractivity contribution is -0.137. The maximum absolute atomic E-state index is 12.7. The highest BCUT2D eigenvalue weighted by Crippen LogP contribution is 2.30. The third-order valence-corrected chi connectivity index (χ3v) is 3.50. The van der Waals surface area contributed by atoms with E-state index in [2.05, 4.69) is 10.6 Å². The van der Waals surface area contributed by atoms with Crippen molar-refractivity contribution >= 4 is 23.6 Å². The van der Waals surface area contributed by atoms with E-state index in [4.69, 9.17) is 0 Å². The Morgan fingerprint density at radius 1 is 1.07 bits per heavy atom. The summed E-state index contributed by atoms with van der Waals surface area (Å²) in [4.78, 5) is 24.0. The predicted octanol–water partition coefficient (Wildman–Crippen LogP) is 2.83. The van der Waals surface area contributed by atoms with Gasteiger partial charge >= 0.3 is 6.18 Å². The van der Waals surface area contributed by atoms with Gasteiger partial charge in [-0.3, -0.25) is 9.59 Å². The van der Waals surface area contributed by atoms with Crippen LogP contribution in [0.4, 0.5) is 18.9 Å². The fourth-order valence-electron chi connectivity index (χ4n) is 2.15. The molecule has 0 aliphatic carbocycles. The summed E-state index contributed by atoms with van der Waals surface area (Å²) in [6, 6.07) is 11.7. The van der Waals surface area contributed by atoms with Crippen LogP contribution in [0.15, 0.2) is 60.7 Å². The molecule has 0 aliphatic rings. The molecule has 0 saturated heterocycles. The standard InChI is InChI=1S/C19H17F3N2O3/c20-19(21,22)14-7-4-8-15(11-14)23-18(27)16(12-25)24-17(26)10-9-13-5-2-1-3-6-13/h1-11,16,25H,12H2,(H,23,27)(H,24,26)/t16-/m0/s1. The maximum atomic E-state index is 12.7. The molecule has 8 heteroatoms. The average molecular weight is 378 g/mol. The van der Waals surface area contributed by atoms with Crippen LogP contribution >= 0.6 is 0 Å². The summed E-state index contributed by atoms with van der Waals surface area (Å²) in [5.41, 5.74) is -0.250. The first kappa shape index (κ1) is 20.2. The fourth-order valence-corrected chi connectivity index (χ4v) is 2.15. The van der Waals surface area contributed by atoms with E-state index in [0.29, 0.717) is 0 Å². The van der Waals surface area contributed by atoms with E-state index >= 15 is 0 Å². The Balaban J connectivity index is 1.99. The van der Waals surface area contributed by atoms with Crippen LogP contribution in [0.1, 0.15) is 11.1 Å². The molecule has 0 bridgehead atoms. The van der Waals surface area contributed by atoms with Gasteiger partial charge in [0.15, 0.2) is 0 Å². The lowest BCUT2D eigenvalue weighted by Crippen LogP contribution is -2.45. The van der Waals surface area contributed by atoms with Crippen molar-refractivity contribution in [2.75, 3.05) is 11.9 Å². The van der Waals surface area contributed by atoms with Gasteiger partial charge < -0.3 is 15.7 Å². The molecule has 3 N–H and O–H groups in total. The van der Waals surface area contributed by atoms with Gasteiger partial charge in [-0.15, -0.1) is 0 Å². The Morgan fingerprint density at radius 3 is 2.41 bits per heavy atom. The van der Waals surface area contributed by atoms with Crippen LogP contribution in [0.3, 0.4) is 0 Å². The Hall–Kier alpha value is -3.13. The molecule has 2 aromatic carbocycles. The number of aliphatic hydroxyl groups excluding tert-OH is 1. The summed E-state index contributed by atoms with van der Waals surface area (Å²) in [5, 5.41) is 13.9. The van der Waals surface area contributed by atoms with Crippen molar-refractivity contribution in [3.63, 3.8) is 0 Å². The SMILES string of the molecule is O=C(C=Cc1ccccc1)N[C@@H](CO)C(=O)Nc1cccc(C(F)(F)F)c1. The molecular weight excluding hydrogens is 361 g/mol. The highest BCUT2D eigenvalue weighted by Gasteiger charge is 2.30. The van der Waals surface area contributed by atoms with Gasteiger partial charge in [-0.05, 0) is 29.8 Å². The fraction of sp³-hybridized carbons (Fsp3) is 0.158. The van der Waals surface area contributed by atoms with E-state index in [-0.39, 0.29) is 5.69 Å². The number of aliphatic hydroxyl groups is 1. The van der Waals surface area contributed by atoms with Crippen molar-refractivity contribution in [1.82, 2.24) is 5.32 Å². The number of rotatable bonds is 6. The Kier molecular flexibility index (Phi) is 6.73. The van der Waals surface area contributed by atoms with E-state index in [9.17, 15) is 27.9 Å². The number of hydrogen-bond acceptors (Lipinski definition) is 3. The van der Waals surface area contributed by atoms with E-state index in [1.807, 2.05) is 6.07 Å². The van der Waals surface area contributed by atoms with E-state index < -0.39 is 36.2 Å². The molecule has 2 amide bonds. The lowest BCUT2D eigenvalue weighted by atomic mass is 10.2. The zero-order valence-corrected chi connectivity index (χ0v) is 14.0. The molecule has 0 fully saturated rings. The summed E-state index contributed by atoms with van der Waals surface area (Å²) < 4.78 is 38.1. The van der Waals surface area contributed by atoms with Crippen LogP contribution in [0.25, 0.3) is 6.08 Å². The first-order valence-corrected chi connectivity index (χ1v) is 7.92. The first-order chi connectivity index (χ1) is 12.8. The van der Waals surface area contributed by atoms with Crippen molar-refractivity contribution in [3.05, 3.63) is 71.8 Å². The van der Waals surface area contributed by atoms with Crippen molar-refractivity contribution in [1.29, 1.82) is 0 Å². The highest BCUT2D eigenvalue weighted by atomic mass is 19.4. The van der Waals surface area contributed by atoms with Gasteiger partial charge in [0.2, 0.25) is 11.8 Å². The van der Waals surface area contributed by atoms with Crippen molar-refractivity contribution in [3.8, 4) is 0 Å². The predicted molar refractivity (Wildman–Crippen MR) is 94.6 cm³/mol. The van der Waals surface area contributed by atoms with Crippen LogP contribution < -0.4 is 10.6 Å². The first-order valence-electron chi connectivity index (χ1n) is 7.92. The zero-order valence-electron chi connectivity index (χ0n) is 14.0. The number of carbonyl (C=O) groups is 2. The van der Waals surface area contributed by atoms with Crippen molar-refractivity contribution < 1.29 is 27.9 Å². The third-order valence-electron chi connectivity index (χ3n) is 3.50. The molecule has 0 radical (unpaired) electrons. The minimum absolute atomic E-state index is 0.0950. The molecule has 5 nitrogen and oxygen atoms in total. The van der Waals surface area contributed by atoms with Crippen molar-refractivity contribution in [2.24, 2.45) is 0 Å². The van der Waals surface area contributed by atoms with Gasteiger partial charge in [-0.25, -0.2) is 0 Å². The smallest absolute Gasteiger partial charge is 0.394 e. The molecule has 142 valence electrons. The summed E-state index contributed by atoms with van der Waals surface area (Å²) in [6.07, 6.45) is -1.84. The summed E-state index contributed by atoms with van der Waals surface area (Å²) in [6.45, 7) is -0.713. The van der Waals surface area contributed by atoms with Gasteiger partial charge in [0.25, 0.3) is 0 Å². The molecule has 2 rings (SSSR count). The minimum atomic E-state index is -4.55. The topological polar surface area (TPSA) is 78.4 Å². The monoisotopic (exact) mass is 378 g/mol. The summed E-state index contributed by atoms with van der Waals surface area (Å²) >= 11 is 0. The minimum Gasteiger partial charge on any atom is -0.394 e. The number of anilines is 1. The lowest BCUT2D eigenvalue weighted by Gasteiger charge is -2.16. The van der Waals surface area contributed by atoms with Gasteiger partial charge in [0.05, 0.1) is 12.2 Å². The number of amides is 2. The zero-order chi connectivity index (χ0) is 19.9. The number of benzene rings is 2. The van der Waals surface area contributed by atoms with Crippen LogP contribution in [0.2, 0.25) is 0 Å². The molecule has 27 heavy (non-hydrogen) atoms. The van der Waals surface area contributed by atoms with Gasteiger partial charge in [0, 0.05) is 11.8 Å². The molecule has 0 spiro atoms. The van der Waals surface area contributed by atoms with E-state index in [0.717, 1.165) is 23.8 Å². The van der Waals surface area contributed by atoms with Gasteiger partial charge in [-0.1, -0.05) is 36.4 Å². The Morgan fingerprint density at radius 2 is 1.78 bits per heavy atom. The molecular formula is C19H17F3N2O3. The van der Waals surface area contributed by atoms with Crippen LogP contribution in [-0.4, -0.2) is 29.6 Å². The molecule has 0 unspecified atom stereocenters.